The number of carbonyl (C=O) groups is 1. The molecule has 0 aromatic carbocycles. The minimum atomic E-state index is 0.0544. The maximum Gasteiger partial charge on any atom is 0.227 e. The molecule has 10 heteroatoms. The molecule has 8 nitrogen and oxygen atoms in total. The zero-order valence-electron chi connectivity index (χ0n) is 13.1. The topological polar surface area (TPSA) is 101 Å². The molecule has 24 heavy (non-hydrogen) atoms. The summed E-state index contributed by atoms with van der Waals surface area (Å²) in [6, 6.07) is 3.67. The summed E-state index contributed by atoms with van der Waals surface area (Å²) in [5.41, 5.74) is 0.802. The van der Waals surface area contributed by atoms with E-state index >= 15 is 0 Å². The smallest absolute Gasteiger partial charge is 0.227 e. The Morgan fingerprint density at radius 3 is 2.96 bits per heavy atom. The number of carbonyl (C=O) groups excluding carboxylic acids is 1. The first-order valence-electron chi connectivity index (χ1n) is 7.59. The molecule has 0 bridgehead atoms. The van der Waals surface area contributed by atoms with Gasteiger partial charge in [-0.3, -0.25) is 9.69 Å². The zero-order valence-corrected chi connectivity index (χ0v) is 14.8. The second-order valence-corrected chi connectivity index (χ2v) is 7.06. The maximum atomic E-state index is 12.3. The molecular weight excluding hydrogens is 346 g/mol. The molecule has 0 unspecified atom stereocenters. The van der Waals surface area contributed by atoms with Gasteiger partial charge in [0.2, 0.25) is 5.91 Å². The van der Waals surface area contributed by atoms with Gasteiger partial charge in [-0.05, 0) is 35.4 Å². The van der Waals surface area contributed by atoms with Crippen LogP contribution >= 0.6 is 24.0 Å². The van der Waals surface area contributed by atoms with Crippen LogP contribution in [0, 0.1) is 0 Å². The Labute approximate surface area is 148 Å². The fraction of sp³-hybridized carbons (Fsp3) is 0.429. The van der Waals surface area contributed by atoms with Crippen LogP contribution in [0.1, 0.15) is 31.5 Å². The number of tetrazole rings is 1. The van der Waals surface area contributed by atoms with Gasteiger partial charge in [0.1, 0.15) is 26.3 Å². The van der Waals surface area contributed by atoms with Crippen LogP contribution in [-0.2, 0) is 11.2 Å². The van der Waals surface area contributed by atoms with E-state index in [0.29, 0.717) is 16.6 Å². The van der Waals surface area contributed by atoms with E-state index < -0.39 is 0 Å². The summed E-state index contributed by atoms with van der Waals surface area (Å²) < 4.78 is 0.672. The average molecular weight is 363 g/mol. The minimum Gasteiger partial charge on any atom is -0.300 e. The molecule has 3 heterocycles. The number of rotatable bonds is 7. The quantitative estimate of drug-likeness (QED) is 0.493. The Morgan fingerprint density at radius 1 is 1.29 bits per heavy atom. The number of pyridine rings is 1. The Balaban J connectivity index is 1.48. The number of nitrogens with zero attached hydrogens (tertiary/aromatic N) is 6. The van der Waals surface area contributed by atoms with Crippen LogP contribution < -0.4 is 4.90 Å². The fourth-order valence-corrected chi connectivity index (χ4v) is 3.35. The number of fused-ring (bicyclic) bond motifs is 1. The highest BCUT2D eigenvalue weighted by Gasteiger charge is 2.13. The van der Waals surface area contributed by atoms with E-state index in [1.54, 1.807) is 11.9 Å². The van der Waals surface area contributed by atoms with Crippen molar-refractivity contribution in [2.45, 2.75) is 36.4 Å². The second kappa shape index (κ2) is 7.67. The van der Waals surface area contributed by atoms with E-state index in [1.165, 1.54) is 11.3 Å². The summed E-state index contributed by atoms with van der Waals surface area (Å²) in [4.78, 5) is 23.4. The molecule has 0 aliphatic carbocycles. The van der Waals surface area contributed by atoms with Crippen molar-refractivity contribution in [3.05, 3.63) is 18.0 Å². The molecular formula is C14H17N7OS2. The number of unbranched alkanes of at least 4 members (excludes halogenated alkanes) is 2. The number of aryl methyl sites for hydroxylation is 1. The van der Waals surface area contributed by atoms with Crippen molar-refractivity contribution < 1.29 is 4.79 Å². The molecule has 0 spiro atoms. The van der Waals surface area contributed by atoms with E-state index in [4.69, 9.17) is 0 Å². The second-order valence-electron chi connectivity index (χ2n) is 5.35. The Bertz CT molecular complexity index is 818. The van der Waals surface area contributed by atoms with E-state index in [-0.39, 0.29) is 5.91 Å². The normalized spacial score (nSPS) is 11.1. The SMILES string of the molecule is CN(C(=O)CCCCCc1nnn[nH]1)c1ccc2nc(S)sc2n1. The highest BCUT2D eigenvalue weighted by atomic mass is 32.2. The number of aromatic nitrogens is 6. The first-order valence-corrected chi connectivity index (χ1v) is 8.85. The van der Waals surface area contributed by atoms with E-state index in [2.05, 4.69) is 43.2 Å². The lowest BCUT2D eigenvalue weighted by molar-refractivity contribution is -0.118. The number of thiol groups is 1. The van der Waals surface area contributed by atoms with Gasteiger partial charge in [-0.15, -0.1) is 17.7 Å². The van der Waals surface area contributed by atoms with Crippen molar-refractivity contribution in [3.8, 4) is 0 Å². The lowest BCUT2D eigenvalue weighted by Gasteiger charge is -2.16. The molecule has 0 aliphatic heterocycles. The number of amides is 1. The molecule has 3 aromatic rings. The Hall–Kier alpha value is -2.07. The molecule has 126 valence electrons. The maximum absolute atomic E-state index is 12.3. The van der Waals surface area contributed by atoms with E-state index in [1.807, 2.05) is 12.1 Å². The van der Waals surface area contributed by atoms with Gasteiger partial charge in [0, 0.05) is 19.9 Å². The lowest BCUT2D eigenvalue weighted by Crippen LogP contribution is -2.26. The summed E-state index contributed by atoms with van der Waals surface area (Å²) in [6.07, 6.45) is 4.01. The number of hydrogen-bond acceptors (Lipinski definition) is 8. The minimum absolute atomic E-state index is 0.0544. The van der Waals surface area contributed by atoms with Crippen LogP contribution in [-0.4, -0.2) is 43.5 Å². The van der Waals surface area contributed by atoms with Crippen molar-refractivity contribution in [3.63, 3.8) is 0 Å². The van der Waals surface area contributed by atoms with Gasteiger partial charge in [0.05, 0.1) is 0 Å². The van der Waals surface area contributed by atoms with Crippen LogP contribution in [0.15, 0.2) is 16.5 Å². The average Bonchev–Trinajstić information content (AvgIpc) is 3.21. The third-order valence-electron chi connectivity index (χ3n) is 3.64. The standard InChI is InChI=1S/C14H17N7OS2/c1-21(11-8-7-9-13(16-11)24-14(23)15-9)12(22)6-4-2-3-5-10-17-19-20-18-10/h7-8H,2-6H2,1H3,(H,15,23)(H,17,18,19,20). The summed E-state index contributed by atoms with van der Waals surface area (Å²) in [7, 11) is 1.75. The highest BCUT2D eigenvalue weighted by Crippen LogP contribution is 2.25. The van der Waals surface area contributed by atoms with Gasteiger partial charge in [0.25, 0.3) is 0 Å². The first-order chi connectivity index (χ1) is 11.6. The molecule has 1 N–H and O–H groups in total. The third-order valence-corrected chi connectivity index (χ3v) is 4.78. The molecule has 0 saturated carbocycles. The van der Waals surface area contributed by atoms with Crippen LogP contribution in [0.3, 0.4) is 0 Å². The number of hydrogen-bond donors (Lipinski definition) is 2. The molecule has 0 fully saturated rings. The predicted molar refractivity (Wildman–Crippen MR) is 94.4 cm³/mol. The molecule has 0 atom stereocenters. The molecule has 3 aromatic heterocycles. The van der Waals surface area contributed by atoms with Crippen LogP contribution in [0.25, 0.3) is 10.3 Å². The van der Waals surface area contributed by atoms with Crippen molar-refractivity contribution in [1.29, 1.82) is 0 Å². The van der Waals surface area contributed by atoms with Gasteiger partial charge in [-0.1, -0.05) is 17.8 Å². The van der Waals surface area contributed by atoms with Crippen LogP contribution in [0.5, 0.6) is 0 Å². The summed E-state index contributed by atoms with van der Waals surface area (Å²) in [5, 5.41) is 13.6. The summed E-state index contributed by atoms with van der Waals surface area (Å²) in [5.74, 6) is 1.47. The van der Waals surface area contributed by atoms with Gasteiger partial charge in [-0.2, -0.15) is 0 Å². The van der Waals surface area contributed by atoms with Crippen LogP contribution in [0.4, 0.5) is 5.82 Å². The van der Waals surface area contributed by atoms with Gasteiger partial charge in [0.15, 0.2) is 0 Å². The number of anilines is 1. The third kappa shape index (κ3) is 4.06. The van der Waals surface area contributed by atoms with E-state index in [9.17, 15) is 4.79 Å². The number of nitrogens with one attached hydrogen (secondary N) is 1. The molecule has 0 saturated heterocycles. The van der Waals surface area contributed by atoms with Crippen molar-refractivity contribution in [2.75, 3.05) is 11.9 Å². The van der Waals surface area contributed by atoms with Gasteiger partial charge >= 0.3 is 0 Å². The number of thiazole rings is 1. The van der Waals surface area contributed by atoms with E-state index in [0.717, 1.165) is 41.9 Å². The van der Waals surface area contributed by atoms with Crippen molar-refractivity contribution >= 4 is 46.0 Å². The monoisotopic (exact) mass is 363 g/mol. The van der Waals surface area contributed by atoms with Crippen molar-refractivity contribution in [2.24, 2.45) is 0 Å². The van der Waals surface area contributed by atoms with Crippen molar-refractivity contribution in [1.82, 2.24) is 30.6 Å². The van der Waals surface area contributed by atoms with Crippen LogP contribution in [0.2, 0.25) is 0 Å². The first kappa shape index (κ1) is 16.8. The highest BCUT2D eigenvalue weighted by molar-refractivity contribution is 7.82. The van der Waals surface area contributed by atoms with Gasteiger partial charge < -0.3 is 0 Å². The fourth-order valence-electron chi connectivity index (χ4n) is 2.31. The molecule has 3 rings (SSSR count). The lowest BCUT2D eigenvalue weighted by atomic mass is 10.1. The zero-order chi connectivity index (χ0) is 16.9. The number of aromatic amines is 1. The summed E-state index contributed by atoms with van der Waals surface area (Å²) in [6.45, 7) is 0. The Morgan fingerprint density at radius 2 is 2.17 bits per heavy atom. The largest absolute Gasteiger partial charge is 0.300 e. The molecule has 1 amide bonds. The predicted octanol–water partition coefficient (Wildman–Crippen LogP) is 2.26. The van der Waals surface area contributed by atoms with Gasteiger partial charge in [-0.25, -0.2) is 15.1 Å². The summed E-state index contributed by atoms with van der Waals surface area (Å²) >= 11 is 5.63. The Kier molecular flexibility index (Phi) is 5.36. The molecule has 0 aliphatic rings. The molecule has 0 radical (unpaired) electrons. The number of H-pyrrole nitrogens is 1.